The zero-order valence-corrected chi connectivity index (χ0v) is 16.4. The van der Waals surface area contributed by atoms with Crippen molar-refractivity contribution in [1.29, 1.82) is 0 Å². The van der Waals surface area contributed by atoms with Crippen molar-refractivity contribution in [3.8, 4) is 0 Å². The summed E-state index contributed by atoms with van der Waals surface area (Å²) in [6.45, 7) is 4.24. The quantitative estimate of drug-likeness (QED) is 0.501. The number of aryl methyl sites for hydroxylation is 2. The second kappa shape index (κ2) is 8.37. The number of hydrogen-bond donors (Lipinski definition) is 1. The van der Waals surface area contributed by atoms with Gasteiger partial charge in [-0.2, -0.15) is 10.2 Å². The number of nitrogens with zero attached hydrogens (tertiary/aromatic N) is 3. The van der Waals surface area contributed by atoms with Gasteiger partial charge in [0.2, 0.25) is 0 Å². The molecule has 1 amide bonds. The topological polar surface area (TPSA) is 59.3 Å². The molecule has 3 aromatic rings. The molecule has 7 heteroatoms. The van der Waals surface area contributed by atoms with Crippen LogP contribution in [0.1, 0.15) is 32.7 Å². The van der Waals surface area contributed by atoms with Crippen molar-refractivity contribution in [2.24, 2.45) is 5.10 Å². The van der Waals surface area contributed by atoms with Gasteiger partial charge >= 0.3 is 0 Å². The van der Waals surface area contributed by atoms with Crippen LogP contribution in [0, 0.1) is 13.8 Å². The minimum Gasteiger partial charge on any atom is -0.267 e. The Morgan fingerprint density at radius 3 is 2.56 bits per heavy atom. The molecule has 0 unspecified atom stereocenters. The molecule has 1 N–H and O–H groups in total. The van der Waals surface area contributed by atoms with E-state index < -0.39 is 0 Å². The largest absolute Gasteiger partial charge is 0.271 e. The fourth-order valence-corrected chi connectivity index (χ4v) is 3.01. The van der Waals surface area contributed by atoms with Crippen LogP contribution in [0.15, 0.2) is 53.6 Å². The van der Waals surface area contributed by atoms with E-state index in [1.807, 2.05) is 50.2 Å². The monoisotopic (exact) mass is 400 g/mol. The molecule has 2 aromatic carbocycles. The number of halogens is 2. The average molecular weight is 401 g/mol. The summed E-state index contributed by atoms with van der Waals surface area (Å²) in [6, 6.07) is 14.8. The van der Waals surface area contributed by atoms with Gasteiger partial charge in [-0.25, -0.2) is 10.1 Å². The molecule has 0 saturated carbocycles. The Hall–Kier alpha value is -2.63. The summed E-state index contributed by atoms with van der Waals surface area (Å²) in [5.41, 5.74) is 6.40. The number of amides is 1. The predicted molar refractivity (Wildman–Crippen MR) is 109 cm³/mol. The summed E-state index contributed by atoms with van der Waals surface area (Å²) in [7, 11) is 0. The number of hydrazone groups is 1. The third-order valence-corrected chi connectivity index (χ3v) is 4.83. The molecule has 5 nitrogen and oxygen atoms in total. The summed E-state index contributed by atoms with van der Waals surface area (Å²) in [5, 5.41) is 9.53. The van der Waals surface area contributed by atoms with Crippen LogP contribution in [0.2, 0.25) is 10.2 Å². The van der Waals surface area contributed by atoms with Gasteiger partial charge in [0.1, 0.15) is 5.15 Å². The Labute approximate surface area is 167 Å². The van der Waals surface area contributed by atoms with Gasteiger partial charge in [0.25, 0.3) is 5.91 Å². The van der Waals surface area contributed by atoms with Crippen LogP contribution in [-0.2, 0) is 6.54 Å². The predicted octanol–water partition coefficient (Wildman–Crippen LogP) is 4.62. The van der Waals surface area contributed by atoms with E-state index in [-0.39, 0.29) is 5.91 Å². The molecular formula is C20H18Cl2N4O. The molecule has 0 fully saturated rings. The molecule has 0 aliphatic rings. The van der Waals surface area contributed by atoms with E-state index in [1.54, 1.807) is 16.8 Å². The first-order valence-electron chi connectivity index (χ1n) is 8.32. The third kappa shape index (κ3) is 4.56. The molecule has 0 aliphatic carbocycles. The highest BCUT2D eigenvalue weighted by molar-refractivity contribution is 6.32. The Kier molecular flexibility index (Phi) is 5.94. The van der Waals surface area contributed by atoms with Crippen molar-refractivity contribution in [3.05, 3.63) is 86.7 Å². The van der Waals surface area contributed by atoms with Crippen LogP contribution < -0.4 is 5.43 Å². The molecule has 3 rings (SSSR count). The van der Waals surface area contributed by atoms with Crippen LogP contribution in [-0.4, -0.2) is 21.9 Å². The molecule has 27 heavy (non-hydrogen) atoms. The zero-order valence-electron chi connectivity index (χ0n) is 14.9. The Balaban J connectivity index is 1.72. The first kappa shape index (κ1) is 19.1. The highest BCUT2D eigenvalue weighted by Crippen LogP contribution is 2.22. The lowest BCUT2D eigenvalue weighted by Gasteiger charge is -2.05. The highest BCUT2D eigenvalue weighted by Gasteiger charge is 2.13. The molecular weight excluding hydrogens is 383 g/mol. The highest BCUT2D eigenvalue weighted by atomic mass is 35.5. The first-order valence-corrected chi connectivity index (χ1v) is 9.07. The van der Waals surface area contributed by atoms with E-state index in [2.05, 4.69) is 15.6 Å². The van der Waals surface area contributed by atoms with Gasteiger partial charge in [-0.05, 0) is 37.6 Å². The minimum atomic E-state index is -0.288. The van der Waals surface area contributed by atoms with Gasteiger partial charge in [0, 0.05) is 10.6 Å². The van der Waals surface area contributed by atoms with Crippen LogP contribution >= 0.6 is 23.2 Å². The fourth-order valence-electron chi connectivity index (χ4n) is 2.53. The SMILES string of the molecule is Cc1ccc(C(=O)N/N=C\c2c(C)nn(Cc3ccccc3Cl)c2Cl)cc1. The van der Waals surface area contributed by atoms with Gasteiger partial charge < -0.3 is 0 Å². The van der Waals surface area contributed by atoms with E-state index in [0.29, 0.717) is 33.5 Å². The summed E-state index contributed by atoms with van der Waals surface area (Å²) in [6.07, 6.45) is 1.50. The molecule has 1 aromatic heterocycles. The van der Waals surface area contributed by atoms with Crippen molar-refractivity contribution in [1.82, 2.24) is 15.2 Å². The molecule has 0 saturated heterocycles. The van der Waals surface area contributed by atoms with E-state index in [9.17, 15) is 4.79 Å². The number of carbonyl (C=O) groups is 1. The summed E-state index contributed by atoms with van der Waals surface area (Å²) in [5.74, 6) is -0.288. The van der Waals surface area contributed by atoms with Gasteiger partial charge in [-0.15, -0.1) is 0 Å². The Morgan fingerprint density at radius 2 is 1.85 bits per heavy atom. The Morgan fingerprint density at radius 1 is 1.15 bits per heavy atom. The summed E-state index contributed by atoms with van der Waals surface area (Å²) >= 11 is 12.6. The smallest absolute Gasteiger partial charge is 0.267 e. The lowest BCUT2D eigenvalue weighted by atomic mass is 10.1. The van der Waals surface area contributed by atoms with Crippen LogP contribution in [0.5, 0.6) is 0 Å². The minimum absolute atomic E-state index is 0.288. The van der Waals surface area contributed by atoms with Crippen molar-refractivity contribution in [2.45, 2.75) is 20.4 Å². The van der Waals surface area contributed by atoms with Crippen LogP contribution in [0.25, 0.3) is 0 Å². The fraction of sp³-hybridized carbons (Fsp3) is 0.150. The maximum absolute atomic E-state index is 12.1. The second-order valence-corrected chi connectivity index (χ2v) is 6.87. The maximum atomic E-state index is 12.1. The molecule has 0 radical (unpaired) electrons. The normalized spacial score (nSPS) is 11.1. The van der Waals surface area contributed by atoms with Gasteiger partial charge in [0.15, 0.2) is 0 Å². The van der Waals surface area contributed by atoms with Crippen LogP contribution in [0.4, 0.5) is 0 Å². The zero-order chi connectivity index (χ0) is 19.4. The average Bonchev–Trinajstić information content (AvgIpc) is 2.91. The lowest BCUT2D eigenvalue weighted by Crippen LogP contribution is -2.17. The second-order valence-electron chi connectivity index (χ2n) is 6.10. The number of benzene rings is 2. The van der Waals surface area contributed by atoms with Crippen molar-refractivity contribution < 1.29 is 4.79 Å². The standard InChI is InChI=1S/C20H18Cl2N4O/c1-13-7-9-15(10-8-13)20(27)24-23-11-17-14(2)25-26(19(17)22)12-16-5-3-4-6-18(16)21/h3-11H,12H2,1-2H3,(H,24,27)/b23-11-. The molecule has 138 valence electrons. The van der Waals surface area contributed by atoms with E-state index in [4.69, 9.17) is 23.2 Å². The number of rotatable bonds is 5. The molecule has 0 aliphatic heterocycles. The molecule has 0 atom stereocenters. The number of aromatic nitrogens is 2. The van der Waals surface area contributed by atoms with Gasteiger partial charge in [-0.1, -0.05) is 59.1 Å². The number of nitrogens with one attached hydrogen (secondary N) is 1. The summed E-state index contributed by atoms with van der Waals surface area (Å²) in [4.78, 5) is 12.1. The molecule has 0 spiro atoms. The molecule has 0 bridgehead atoms. The van der Waals surface area contributed by atoms with E-state index in [0.717, 1.165) is 11.1 Å². The van der Waals surface area contributed by atoms with Gasteiger partial charge in [0.05, 0.1) is 24.0 Å². The van der Waals surface area contributed by atoms with Crippen molar-refractivity contribution >= 4 is 35.3 Å². The van der Waals surface area contributed by atoms with Crippen molar-refractivity contribution in [3.63, 3.8) is 0 Å². The van der Waals surface area contributed by atoms with Crippen molar-refractivity contribution in [2.75, 3.05) is 0 Å². The summed E-state index contributed by atoms with van der Waals surface area (Å²) < 4.78 is 1.65. The molecule has 1 heterocycles. The number of hydrogen-bond acceptors (Lipinski definition) is 3. The van der Waals surface area contributed by atoms with Gasteiger partial charge in [-0.3, -0.25) is 4.79 Å². The van der Waals surface area contributed by atoms with E-state index >= 15 is 0 Å². The first-order chi connectivity index (χ1) is 13.0. The number of carbonyl (C=O) groups excluding carboxylic acids is 1. The van der Waals surface area contributed by atoms with Crippen LogP contribution in [0.3, 0.4) is 0 Å². The maximum Gasteiger partial charge on any atom is 0.271 e. The third-order valence-electron chi connectivity index (χ3n) is 4.06. The Bertz CT molecular complexity index is 994. The van der Waals surface area contributed by atoms with E-state index in [1.165, 1.54) is 6.21 Å². The lowest BCUT2D eigenvalue weighted by molar-refractivity contribution is 0.0955.